The smallest absolute Gasteiger partial charge is 0.148 e. The van der Waals surface area contributed by atoms with Gasteiger partial charge in [0.2, 0.25) is 0 Å². The average Bonchev–Trinajstić information content (AvgIpc) is 2.39. The number of nitrogens with one attached hydrogen (secondary N) is 1. The Kier molecular flexibility index (Phi) is 4.00. The van der Waals surface area contributed by atoms with Crippen LogP contribution in [-0.4, -0.2) is 23.9 Å². The third kappa shape index (κ3) is 2.84. The molecule has 0 atom stereocenters. The van der Waals surface area contributed by atoms with Crippen LogP contribution in [0.5, 0.6) is 5.75 Å². The van der Waals surface area contributed by atoms with Crippen LogP contribution in [-0.2, 0) is 0 Å². The van der Waals surface area contributed by atoms with E-state index in [-0.39, 0.29) is 0 Å². The normalized spacial score (nSPS) is 10.3. The topological polar surface area (TPSA) is 47.0 Å². The van der Waals surface area contributed by atoms with Crippen LogP contribution < -0.4 is 10.1 Å². The molecule has 2 rings (SSSR count). The summed E-state index contributed by atoms with van der Waals surface area (Å²) < 4.78 is 5.37. The van der Waals surface area contributed by atoms with Gasteiger partial charge in [-0.05, 0) is 56.2 Å². The highest BCUT2D eigenvalue weighted by molar-refractivity contribution is 5.64. The molecule has 2 aromatic rings. The second kappa shape index (κ2) is 5.69. The maximum atomic E-state index is 5.37. The van der Waals surface area contributed by atoms with E-state index in [1.165, 1.54) is 0 Å². The van der Waals surface area contributed by atoms with E-state index in [1.807, 2.05) is 32.9 Å². The van der Waals surface area contributed by atoms with Gasteiger partial charge in [-0.3, -0.25) is 0 Å². The SMILES string of the molecule is CCNc1ccc(-c2cc(C)c(OC)c(C)c2)nn1. The fraction of sp³-hybridized carbons (Fsp3) is 0.333. The lowest BCUT2D eigenvalue weighted by Crippen LogP contribution is -2.01. The number of benzene rings is 1. The highest BCUT2D eigenvalue weighted by Crippen LogP contribution is 2.28. The van der Waals surface area contributed by atoms with E-state index in [1.54, 1.807) is 7.11 Å². The molecule has 1 aromatic carbocycles. The fourth-order valence-corrected chi connectivity index (χ4v) is 2.18. The van der Waals surface area contributed by atoms with Gasteiger partial charge in [-0.2, -0.15) is 0 Å². The molecule has 0 aliphatic rings. The lowest BCUT2D eigenvalue weighted by Gasteiger charge is -2.11. The Labute approximate surface area is 113 Å². The molecule has 4 nitrogen and oxygen atoms in total. The summed E-state index contributed by atoms with van der Waals surface area (Å²) in [5.74, 6) is 1.73. The van der Waals surface area contributed by atoms with Crippen LogP contribution in [0.3, 0.4) is 0 Å². The minimum absolute atomic E-state index is 0.799. The van der Waals surface area contributed by atoms with Gasteiger partial charge < -0.3 is 10.1 Å². The minimum Gasteiger partial charge on any atom is -0.496 e. The zero-order valence-corrected chi connectivity index (χ0v) is 11.8. The molecule has 1 heterocycles. The Hall–Kier alpha value is -2.10. The van der Waals surface area contributed by atoms with E-state index in [0.29, 0.717) is 0 Å². The maximum Gasteiger partial charge on any atom is 0.148 e. The molecule has 0 bridgehead atoms. The van der Waals surface area contributed by atoms with Crippen molar-refractivity contribution in [2.45, 2.75) is 20.8 Å². The summed E-state index contributed by atoms with van der Waals surface area (Å²) in [6, 6.07) is 8.07. The van der Waals surface area contributed by atoms with Gasteiger partial charge in [-0.25, -0.2) is 0 Å². The number of methoxy groups -OCH3 is 1. The molecule has 19 heavy (non-hydrogen) atoms. The van der Waals surface area contributed by atoms with E-state index in [2.05, 4.69) is 27.6 Å². The monoisotopic (exact) mass is 257 g/mol. The highest BCUT2D eigenvalue weighted by atomic mass is 16.5. The maximum absolute atomic E-state index is 5.37. The largest absolute Gasteiger partial charge is 0.496 e. The van der Waals surface area contributed by atoms with Gasteiger partial charge in [0, 0.05) is 12.1 Å². The Morgan fingerprint density at radius 3 is 2.26 bits per heavy atom. The Morgan fingerprint density at radius 2 is 1.79 bits per heavy atom. The second-order valence-corrected chi connectivity index (χ2v) is 4.48. The highest BCUT2D eigenvalue weighted by Gasteiger charge is 2.08. The van der Waals surface area contributed by atoms with Crippen LogP contribution >= 0.6 is 0 Å². The van der Waals surface area contributed by atoms with Crippen molar-refractivity contribution < 1.29 is 4.74 Å². The summed E-state index contributed by atoms with van der Waals surface area (Å²) in [6.45, 7) is 6.95. The van der Waals surface area contributed by atoms with Crippen LogP contribution in [0.2, 0.25) is 0 Å². The Bertz CT molecular complexity index is 541. The van der Waals surface area contributed by atoms with E-state index >= 15 is 0 Å². The van der Waals surface area contributed by atoms with Crippen LogP contribution in [0.25, 0.3) is 11.3 Å². The standard InChI is InChI=1S/C15H19N3O/c1-5-16-14-7-6-13(17-18-14)12-8-10(2)15(19-4)11(3)9-12/h6-9H,5H2,1-4H3,(H,16,18). The van der Waals surface area contributed by atoms with Crippen molar-refractivity contribution in [3.05, 3.63) is 35.4 Å². The van der Waals surface area contributed by atoms with Gasteiger partial charge in [0.25, 0.3) is 0 Å². The first-order chi connectivity index (χ1) is 9.15. The second-order valence-electron chi connectivity index (χ2n) is 4.48. The van der Waals surface area contributed by atoms with Gasteiger partial charge in [0.1, 0.15) is 11.6 Å². The molecule has 0 fully saturated rings. The minimum atomic E-state index is 0.799. The third-order valence-electron chi connectivity index (χ3n) is 2.98. The van der Waals surface area contributed by atoms with E-state index < -0.39 is 0 Å². The fourth-order valence-electron chi connectivity index (χ4n) is 2.18. The predicted octanol–water partition coefficient (Wildman–Crippen LogP) is 3.20. The number of anilines is 1. The van der Waals surface area contributed by atoms with Crippen LogP contribution in [0, 0.1) is 13.8 Å². The molecule has 100 valence electrons. The third-order valence-corrected chi connectivity index (χ3v) is 2.98. The van der Waals surface area contributed by atoms with E-state index in [0.717, 1.165) is 40.5 Å². The van der Waals surface area contributed by atoms with Gasteiger partial charge in [0.05, 0.1) is 12.8 Å². The van der Waals surface area contributed by atoms with Crippen molar-refractivity contribution in [3.8, 4) is 17.0 Å². The lowest BCUT2D eigenvalue weighted by atomic mass is 10.0. The van der Waals surface area contributed by atoms with Crippen molar-refractivity contribution in [1.29, 1.82) is 0 Å². The van der Waals surface area contributed by atoms with Crippen molar-refractivity contribution in [2.24, 2.45) is 0 Å². The van der Waals surface area contributed by atoms with Crippen molar-refractivity contribution in [3.63, 3.8) is 0 Å². The summed E-state index contributed by atoms with van der Waals surface area (Å²) >= 11 is 0. The Balaban J connectivity index is 2.36. The number of nitrogens with zero attached hydrogens (tertiary/aromatic N) is 2. The van der Waals surface area contributed by atoms with Gasteiger partial charge in [0.15, 0.2) is 0 Å². The molecule has 0 aliphatic heterocycles. The average molecular weight is 257 g/mol. The first-order valence-corrected chi connectivity index (χ1v) is 6.39. The van der Waals surface area contributed by atoms with Crippen LogP contribution in [0.1, 0.15) is 18.1 Å². The van der Waals surface area contributed by atoms with Gasteiger partial charge in [-0.1, -0.05) is 0 Å². The first-order valence-electron chi connectivity index (χ1n) is 6.39. The van der Waals surface area contributed by atoms with Gasteiger partial charge >= 0.3 is 0 Å². The molecule has 0 spiro atoms. The molecular formula is C15H19N3O. The summed E-state index contributed by atoms with van der Waals surface area (Å²) in [5.41, 5.74) is 4.15. The molecule has 4 heteroatoms. The molecule has 0 radical (unpaired) electrons. The summed E-state index contributed by atoms with van der Waals surface area (Å²) in [5, 5.41) is 11.5. The number of ether oxygens (including phenoxy) is 1. The Morgan fingerprint density at radius 1 is 1.11 bits per heavy atom. The van der Waals surface area contributed by atoms with Crippen molar-refractivity contribution >= 4 is 5.82 Å². The molecule has 1 N–H and O–H groups in total. The summed E-state index contributed by atoms with van der Waals surface area (Å²) in [7, 11) is 1.69. The molecule has 0 amide bonds. The number of aryl methyl sites for hydroxylation is 2. The summed E-state index contributed by atoms with van der Waals surface area (Å²) in [4.78, 5) is 0. The molecule has 0 unspecified atom stereocenters. The zero-order chi connectivity index (χ0) is 13.8. The van der Waals surface area contributed by atoms with Crippen LogP contribution in [0.4, 0.5) is 5.82 Å². The predicted molar refractivity (Wildman–Crippen MR) is 77.7 cm³/mol. The number of hydrogen-bond acceptors (Lipinski definition) is 4. The van der Waals surface area contributed by atoms with Crippen molar-refractivity contribution in [1.82, 2.24) is 10.2 Å². The molecule has 0 aliphatic carbocycles. The number of aromatic nitrogens is 2. The number of hydrogen-bond donors (Lipinski definition) is 1. The zero-order valence-electron chi connectivity index (χ0n) is 11.8. The molecule has 0 saturated heterocycles. The van der Waals surface area contributed by atoms with Gasteiger partial charge in [-0.15, -0.1) is 10.2 Å². The van der Waals surface area contributed by atoms with E-state index in [9.17, 15) is 0 Å². The quantitative estimate of drug-likeness (QED) is 0.913. The van der Waals surface area contributed by atoms with Crippen LogP contribution in [0.15, 0.2) is 24.3 Å². The molecule has 1 aromatic heterocycles. The summed E-state index contributed by atoms with van der Waals surface area (Å²) in [6.07, 6.45) is 0. The molecular weight excluding hydrogens is 238 g/mol. The van der Waals surface area contributed by atoms with Crippen molar-refractivity contribution in [2.75, 3.05) is 19.0 Å². The molecule has 0 saturated carbocycles. The first kappa shape index (κ1) is 13.3. The number of rotatable bonds is 4. The lowest BCUT2D eigenvalue weighted by molar-refractivity contribution is 0.408. The van der Waals surface area contributed by atoms with E-state index in [4.69, 9.17) is 4.74 Å².